The monoisotopic (exact) mass is 237 g/mol. The molecule has 1 heterocycles. The first-order valence-corrected chi connectivity index (χ1v) is 5.06. The molecule has 0 unspecified atom stereocenters. The minimum Gasteiger partial charge on any atom is -0.494 e. The molecule has 2 rings (SSSR count). The van der Waals surface area contributed by atoms with Crippen LogP contribution in [0.2, 0.25) is 0 Å². The van der Waals surface area contributed by atoms with E-state index in [2.05, 4.69) is 10.3 Å². The van der Waals surface area contributed by atoms with Gasteiger partial charge in [0.05, 0.1) is 26.5 Å². The highest BCUT2D eigenvalue weighted by Crippen LogP contribution is 2.20. The van der Waals surface area contributed by atoms with Crippen molar-refractivity contribution in [3.63, 3.8) is 0 Å². The Morgan fingerprint density at radius 3 is 2.94 bits per heavy atom. The van der Waals surface area contributed by atoms with Crippen LogP contribution in [-0.4, -0.2) is 27.2 Å². The third-order valence-electron chi connectivity index (χ3n) is 2.34. The van der Waals surface area contributed by atoms with Crippen LogP contribution >= 0.6 is 0 Å². The molecule has 2 aromatic rings. The predicted molar refractivity (Wildman–Crippen MR) is 58.0 cm³/mol. The second-order valence-electron chi connectivity index (χ2n) is 3.50. The van der Waals surface area contributed by atoms with E-state index < -0.39 is 5.82 Å². The summed E-state index contributed by atoms with van der Waals surface area (Å²) >= 11 is 0. The Hall–Kier alpha value is -1.95. The van der Waals surface area contributed by atoms with E-state index in [-0.39, 0.29) is 18.9 Å². The molecule has 17 heavy (non-hydrogen) atoms. The van der Waals surface area contributed by atoms with Gasteiger partial charge in [0.25, 0.3) is 0 Å². The minimum atomic E-state index is -0.406. The molecule has 0 aliphatic carbocycles. The third kappa shape index (κ3) is 2.42. The van der Waals surface area contributed by atoms with Crippen LogP contribution in [0.15, 0.2) is 24.4 Å². The summed E-state index contributed by atoms with van der Waals surface area (Å²) in [6.45, 7) is 0.0661. The number of hydrogen-bond donors (Lipinski definition) is 1. The largest absolute Gasteiger partial charge is 0.494 e. The van der Waals surface area contributed by atoms with Crippen molar-refractivity contribution < 1.29 is 14.2 Å². The van der Waals surface area contributed by atoms with Crippen molar-refractivity contribution in [2.24, 2.45) is 0 Å². The zero-order valence-electron chi connectivity index (χ0n) is 9.30. The fourth-order valence-corrected chi connectivity index (χ4v) is 1.50. The Bertz CT molecular complexity index is 513. The quantitative estimate of drug-likeness (QED) is 0.860. The van der Waals surface area contributed by atoms with Crippen molar-refractivity contribution in [1.29, 1.82) is 0 Å². The molecule has 0 bridgehead atoms. The number of rotatable bonds is 4. The molecule has 0 radical (unpaired) electrons. The molecule has 0 amide bonds. The lowest BCUT2D eigenvalue weighted by Crippen LogP contribution is -2.03. The summed E-state index contributed by atoms with van der Waals surface area (Å²) in [5.41, 5.74) is 0.909. The van der Waals surface area contributed by atoms with Gasteiger partial charge in [0.2, 0.25) is 0 Å². The van der Waals surface area contributed by atoms with Gasteiger partial charge >= 0.3 is 0 Å². The van der Waals surface area contributed by atoms with Gasteiger partial charge in [-0.3, -0.25) is 0 Å². The molecule has 0 aliphatic heterocycles. The highest BCUT2D eigenvalue weighted by Gasteiger charge is 2.09. The van der Waals surface area contributed by atoms with Crippen LogP contribution in [0.25, 0.3) is 0 Å². The molecule has 0 fully saturated rings. The van der Waals surface area contributed by atoms with Gasteiger partial charge in [-0.25, -0.2) is 9.07 Å². The predicted octanol–water partition coefficient (Wildman–Crippen LogP) is 0.966. The normalized spacial score (nSPS) is 10.5. The van der Waals surface area contributed by atoms with Crippen molar-refractivity contribution in [3.05, 3.63) is 41.5 Å². The van der Waals surface area contributed by atoms with Gasteiger partial charge in [-0.05, 0) is 6.07 Å². The van der Waals surface area contributed by atoms with Crippen LogP contribution in [0.5, 0.6) is 5.75 Å². The van der Waals surface area contributed by atoms with Gasteiger partial charge in [-0.2, -0.15) is 0 Å². The molecule has 5 nitrogen and oxygen atoms in total. The Labute approximate surface area is 97.5 Å². The summed E-state index contributed by atoms with van der Waals surface area (Å²) < 4.78 is 20.2. The summed E-state index contributed by atoms with van der Waals surface area (Å²) in [6, 6.07) is 4.92. The van der Waals surface area contributed by atoms with Crippen LogP contribution < -0.4 is 4.74 Å². The first-order chi connectivity index (χ1) is 8.24. The first-order valence-electron chi connectivity index (χ1n) is 5.06. The highest BCUT2D eigenvalue weighted by atomic mass is 19.1. The second-order valence-corrected chi connectivity index (χ2v) is 3.50. The Kier molecular flexibility index (Phi) is 3.34. The fraction of sp³-hybridized carbons (Fsp3) is 0.273. The maximum Gasteiger partial charge on any atom is 0.170 e. The molecule has 0 aliphatic rings. The van der Waals surface area contributed by atoms with Crippen molar-refractivity contribution in [2.45, 2.75) is 13.2 Å². The molecule has 0 saturated carbocycles. The number of aromatic nitrogens is 3. The number of aliphatic hydroxyl groups excluding tert-OH is 1. The maximum atomic E-state index is 13.8. The van der Waals surface area contributed by atoms with Crippen molar-refractivity contribution in [2.75, 3.05) is 7.11 Å². The van der Waals surface area contributed by atoms with Gasteiger partial charge in [0.15, 0.2) is 11.6 Å². The number of hydrogen-bond acceptors (Lipinski definition) is 4. The molecule has 0 spiro atoms. The Morgan fingerprint density at radius 1 is 1.47 bits per heavy atom. The summed E-state index contributed by atoms with van der Waals surface area (Å²) in [6.07, 6.45) is 1.57. The number of benzene rings is 1. The highest BCUT2D eigenvalue weighted by molar-refractivity contribution is 5.31. The van der Waals surface area contributed by atoms with Gasteiger partial charge < -0.3 is 9.84 Å². The van der Waals surface area contributed by atoms with E-state index in [1.54, 1.807) is 24.4 Å². The van der Waals surface area contributed by atoms with E-state index in [9.17, 15) is 4.39 Å². The number of ether oxygens (including phenoxy) is 1. The molecule has 1 aromatic carbocycles. The lowest BCUT2D eigenvalue weighted by atomic mass is 10.2. The lowest BCUT2D eigenvalue weighted by molar-refractivity contribution is 0.276. The standard InChI is InChI=1S/C11H12FN3O2/c1-17-10-4-2-3-8(11(10)12)5-15-6-9(7-16)13-14-15/h2-4,6,16H,5,7H2,1H3. The SMILES string of the molecule is COc1cccc(Cn2cc(CO)nn2)c1F. The van der Waals surface area contributed by atoms with Crippen LogP contribution in [0.4, 0.5) is 4.39 Å². The van der Waals surface area contributed by atoms with Crippen molar-refractivity contribution in [1.82, 2.24) is 15.0 Å². The molecule has 6 heteroatoms. The van der Waals surface area contributed by atoms with Crippen LogP contribution in [0, 0.1) is 5.82 Å². The third-order valence-corrected chi connectivity index (χ3v) is 2.34. The van der Waals surface area contributed by atoms with Crippen molar-refractivity contribution >= 4 is 0 Å². The van der Waals surface area contributed by atoms with E-state index in [0.717, 1.165) is 0 Å². The average molecular weight is 237 g/mol. The van der Waals surface area contributed by atoms with E-state index in [1.807, 2.05) is 0 Å². The van der Waals surface area contributed by atoms with Crippen LogP contribution in [0.1, 0.15) is 11.3 Å². The summed E-state index contributed by atoms with van der Waals surface area (Å²) in [7, 11) is 1.42. The molecule has 0 saturated heterocycles. The number of halogens is 1. The van der Waals surface area contributed by atoms with Crippen molar-refractivity contribution in [3.8, 4) is 5.75 Å². The molecular formula is C11H12FN3O2. The summed E-state index contributed by atoms with van der Waals surface area (Å²) in [5.74, 6) is -0.207. The fourth-order valence-electron chi connectivity index (χ4n) is 1.50. The number of methoxy groups -OCH3 is 1. The molecule has 90 valence electrons. The van der Waals surface area contributed by atoms with E-state index >= 15 is 0 Å². The molecular weight excluding hydrogens is 225 g/mol. The number of aliphatic hydroxyl groups is 1. The Morgan fingerprint density at radius 2 is 2.29 bits per heavy atom. The topological polar surface area (TPSA) is 60.2 Å². The molecule has 1 N–H and O–H groups in total. The average Bonchev–Trinajstić information content (AvgIpc) is 2.79. The summed E-state index contributed by atoms with van der Waals surface area (Å²) in [5, 5.41) is 16.3. The van der Waals surface area contributed by atoms with Crippen LogP contribution in [0.3, 0.4) is 0 Å². The number of nitrogens with zero attached hydrogens (tertiary/aromatic N) is 3. The zero-order valence-corrected chi connectivity index (χ0v) is 9.30. The Balaban J connectivity index is 2.23. The van der Waals surface area contributed by atoms with Gasteiger partial charge in [0, 0.05) is 5.56 Å². The molecule has 0 atom stereocenters. The minimum absolute atomic E-state index is 0.180. The summed E-state index contributed by atoms with van der Waals surface area (Å²) in [4.78, 5) is 0. The molecule has 1 aromatic heterocycles. The maximum absolute atomic E-state index is 13.8. The second kappa shape index (κ2) is 4.92. The van der Waals surface area contributed by atoms with Gasteiger partial charge in [-0.1, -0.05) is 17.3 Å². The van der Waals surface area contributed by atoms with E-state index in [0.29, 0.717) is 11.3 Å². The lowest BCUT2D eigenvalue weighted by Gasteiger charge is -2.06. The van der Waals surface area contributed by atoms with E-state index in [1.165, 1.54) is 11.8 Å². The van der Waals surface area contributed by atoms with Gasteiger partial charge in [-0.15, -0.1) is 5.10 Å². The van der Waals surface area contributed by atoms with Crippen LogP contribution in [-0.2, 0) is 13.2 Å². The smallest absolute Gasteiger partial charge is 0.170 e. The van der Waals surface area contributed by atoms with Gasteiger partial charge in [0.1, 0.15) is 5.69 Å². The van der Waals surface area contributed by atoms with E-state index in [4.69, 9.17) is 9.84 Å². The zero-order chi connectivity index (χ0) is 12.3. The first kappa shape index (κ1) is 11.5.